The fourth-order valence-electron chi connectivity index (χ4n) is 3.43. The normalized spacial score (nSPS) is 14.3. The van der Waals surface area contributed by atoms with Crippen molar-refractivity contribution in [1.82, 2.24) is 4.90 Å². The van der Waals surface area contributed by atoms with Gasteiger partial charge in [-0.25, -0.2) is 0 Å². The van der Waals surface area contributed by atoms with E-state index in [1.807, 2.05) is 75.5 Å². The standard InChI is InChI=1S/C25H30N2O3/c1-17(2)15-27-24(28)22(19-11-13-21(14-12-19)30-16-18(3)4)23(25(27)29)26(5)20-9-7-6-8-10-20/h6-14,17-18H,15-16H2,1-5H3. The van der Waals surface area contributed by atoms with Crippen LogP contribution in [-0.4, -0.2) is 36.9 Å². The molecule has 0 saturated heterocycles. The molecule has 2 amide bonds. The first-order valence-corrected chi connectivity index (χ1v) is 10.4. The Morgan fingerprint density at radius 2 is 1.50 bits per heavy atom. The second kappa shape index (κ2) is 9.16. The molecule has 0 saturated carbocycles. The number of nitrogens with zero attached hydrogens (tertiary/aromatic N) is 2. The smallest absolute Gasteiger partial charge is 0.278 e. The number of carbonyl (C=O) groups is 2. The van der Waals surface area contributed by atoms with E-state index >= 15 is 0 Å². The minimum absolute atomic E-state index is 0.187. The molecule has 0 bridgehead atoms. The summed E-state index contributed by atoms with van der Waals surface area (Å²) in [5, 5.41) is 0. The summed E-state index contributed by atoms with van der Waals surface area (Å²) in [5.41, 5.74) is 2.41. The van der Waals surface area contributed by atoms with Gasteiger partial charge in [-0.1, -0.05) is 58.0 Å². The van der Waals surface area contributed by atoms with Crippen LogP contribution >= 0.6 is 0 Å². The van der Waals surface area contributed by atoms with Gasteiger partial charge >= 0.3 is 0 Å². The SMILES string of the molecule is CC(C)COc1ccc(C2=C(N(C)c3ccccc3)C(=O)N(CC(C)C)C2=O)cc1. The summed E-state index contributed by atoms with van der Waals surface area (Å²) in [5.74, 6) is 0.865. The number of rotatable bonds is 8. The molecule has 1 aliphatic rings. The quantitative estimate of drug-likeness (QED) is 0.602. The van der Waals surface area contributed by atoms with Crippen LogP contribution in [0.4, 0.5) is 5.69 Å². The van der Waals surface area contributed by atoms with Crippen molar-refractivity contribution in [3.05, 3.63) is 65.9 Å². The number of hydrogen-bond acceptors (Lipinski definition) is 4. The van der Waals surface area contributed by atoms with Crippen LogP contribution < -0.4 is 9.64 Å². The Morgan fingerprint density at radius 1 is 0.867 bits per heavy atom. The summed E-state index contributed by atoms with van der Waals surface area (Å²) in [6.07, 6.45) is 0. The molecular weight excluding hydrogens is 376 g/mol. The van der Waals surface area contributed by atoms with Crippen molar-refractivity contribution >= 4 is 23.1 Å². The second-order valence-electron chi connectivity index (χ2n) is 8.46. The molecule has 0 aromatic heterocycles. The summed E-state index contributed by atoms with van der Waals surface area (Å²) < 4.78 is 5.76. The van der Waals surface area contributed by atoms with Crippen molar-refractivity contribution in [2.45, 2.75) is 27.7 Å². The van der Waals surface area contributed by atoms with E-state index in [2.05, 4.69) is 13.8 Å². The molecule has 158 valence electrons. The van der Waals surface area contributed by atoms with Gasteiger partial charge in [0, 0.05) is 19.3 Å². The molecule has 0 atom stereocenters. The van der Waals surface area contributed by atoms with Gasteiger partial charge in [0.1, 0.15) is 11.4 Å². The van der Waals surface area contributed by atoms with Crippen LogP contribution in [-0.2, 0) is 9.59 Å². The summed E-state index contributed by atoms with van der Waals surface area (Å²) in [6.45, 7) is 9.21. The van der Waals surface area contributed by atoms with Gasteiger partial charge in [0.15, 0.2) is 0 Å². The Kier molecular flexibility index (Phi) is 6.60. The van der Waals surface area contributed by atoms with Crippen LogP contribution in [0.2, 0.25) is 0 Å². The molecule has 0 spiro atoms. The largest absolute Gasteiger partial charge is 0.493 e. The van der Waals surface area contributed by atoms with Crippen molar-refractivity contribution in [3.8, 4) is 5.75 Å². The van der Waals surface area contributed by atoms with Gasteiger partial charge in [-0.05, 0) is 41.7 Å². The highest BCUT2D eigenvalue weighted by atomic mass is 16.5. The van der Waals surface area contributed by atoms with E-state index in [1.165, 1.54) is 4.90 Å². The molecule has 30 heavy (non-hydrogen) atoms. The Bertz CT molecular complexity index is 931. The summed E-state index contributed by atoms with van der Waals surface area (Å²) in [7, 11) is 1.83. The molecule has 1 aliphatic heterocycles. The van der Waals surface area contributed by atoms with E-state index in [4.69, 9.17) is 4.74 Å². The zero-order valence-electron chi connectivity index (χ0n) is 18.4. The fourth-order valence-corrected chi connectivity index (χ4v) is 3.43. The average Bonchev–Trinajstić information content (AvgIpc) is 2.97. The maximum absolute atomic E-state index is 13.3. The van der Waals surface area contributed by atoms with E-state index in [0.29, 0.717) is 35.9 Å². The van der Waals surface area contributed by atoms with Crippen LogP contribution in [0.15, 0.2) is 60.3 Å². The molecule has 0 fully saturated rings. The van der Waals surface area contributed by atoms with Crippen molar-refractivity contribution in [1.29, 1.82) is 0 Å². The topological polar surface area (TPSA) is 49.9 Å². The minimum atomic E-state index is -0.254. The van der Waals surface area contributed by atoms with Gasteiger partial charge in [-0.15, -0.1) is 0 Å². The zero-order chi connectivity index (χ0) is 21.8. The number of hydrogen-bond donors (Lipinski definition) is 0. The number of para-hydroxylation sites is 1. The lowest BCUT2D eigenvalue weighted by molar-refractivity contribution is -0.137. The number of imide groups is 1. The van der Waals surface area contributed by atoms with Crippen LogP contribution in [0.3, 0.4) is 0 Å². The second-order valence-corrected chi connectivity index (χ2v) is 8.46. The van der Waals surface area contributed by atoms with E-state index in [1.54, 1.807) is 4.90 Å². The van der Waals surface area contributed by atoms with Crippen LogP contribution in [0.1, 0.15) is 33.3 Å². The van der Waals surface area contributed by atoms with Gasteiger partial charge in [0.05, 0.1) is 12.2 Å². The molecule has 1 heterocycles. The molecule has 0 unspecified atom stereocenters. The Labute approximate surface area is 178 Å². The maximum Gasteiger partial charge on any atom is 0.278 e. The van der Waals surface area contributed by atoms with Crippen LogP contribution in [0, 0.1) is 11.8 Å². The number of amides is 2. The molecule has 0 N–H and O–H groups in total. The highest BCUT2D eigenvalue weighted by molar-refractivity contribution is 6.36. The highest BCUT2D eigenvalue weighted by Crippen LogP contribution is 2.34. The van der Waals surface area contributed by atoms with Crippen molar-refractivity contribution in [2.75, 3.05) is 25.1 Å². The third-order valence-electron chi connectivity index (χ3n) is 4.90. The van der Waals surface area contributed by atoms with Gasteiger partial charge in [-0.2, -0.15) is 0 Å². The zero-order valence-corrected chi connectivity index (χ0v) is 18.4. The third-order valence-corrected chi connectivity index (χ3v) is 4.90. The first kappa shape index (κ1) is 21.6. The molecular formula is C25H30N2O3. The van der Waals surface area contributed by atoms with Gasteiger partial charge in [0.2, 0.25) is 0 Å². The van der Waals surface area contributed by atoms with E-state index in [-0.39, 0.29) is 17.7 Å². The predicted molar refractivity (Wildman–Crippen MR) is 120 cm³/mol. The van der Waals surface area contributed by atoms with E-state index < -0.39 is 0 Å². The Hall–Kier alpha value is -3.08. The lowest BCUT2D eigenvalue weighted by Gasteiger charge is -2.22. The fraction of sp³-hybridized carbons (Fsp3) is 0.360. The number of likely N-dealkylation sites (N-methyl/N-ethyl adjacent to an activating group) is 1. The maximum atomic E-state index is 13.3. The van der Waals surface area contributed by atoms with Crippen LogP contribution in [0.25, 0.3) is 5.57 Å². The van der Waals surface area contributed by atoms with Gasteiger partial charge < -0.3 is 9.64 Å². The first-order chi connectivity index (χ1) is 14.3. The minimum Gasteiger partial charge on any atom is -0.493 e. The molecule has 0 aliphatic carbocycles. The summed E-state index contributed by atoms with van der Waals surface area (Å²) in [6, 6.07) is 17.0. The van der Waals surface area contributed by atoms with Crippen molar-refractivity contribution in [2.24, 2.45) is 11.8 Å². The number of anilines is 1. The number of benzene rings is 2. The predicted octanol–water partition coefficient (Wildman–Crippen LogP) is 4.59. The van der Waals surface area contributed by atoms with E-state index in [0.717, 1.165) is 11.4 Å². The summed E-state index contributed by atoms with van der Waals surface area (Å²) in [4.78, 5) is 29.7. The molecule has 2 aromatic rings. The summed E-state index contributed by atoms with van der Waals surface area (Å²) >= 11 is 0. The number of carbonyl (C=O) groups excluding carboxylic acids is 2. The van der Waals surface area contributed by atoms with E-state index in [9.17, 15) is 9.59 Å². The van der Waals surface area contributed by atoms with Gasteiger partial charge in [-0.3, -0.25) is 14.5 Å². The lowest BCUT2D eigenvalue weighted by atomic mass is 10.0. The average molecular weight is 407 g/mol. The monoisotopic (exact) mass is 406 g/mol. The molecule has 2 aromatic carbocycles. The van der Waals surface area contributed by atoms with Crippen molar-refractivity contribution in [3.63, 3.8) is 0 Å². The molecule has 5 heteroatoms. The molecule has 3 rings (SSSR count). The third kappa shape index (κ3) is 4.56. The first-order valence-electron chi connectivity index (χ1n) is 10.4. The number of ether oxygens (including phenoxy) is 1. The highest BCUT2D eigenvalue weighted by Gasteiger charge is 2.41. The molecule has 0 radical (unpaired) electrons. The lowest BCUT2D eigenvalue weighted by Crippen LogP contribution is -2.36. The Morgan fingerprint density at radius 3 is 2.07 bits per heavy atom. The Balaban J connectivity index is 2.02. The van der Waals surface area contributed by atoms with Crippen LogP contribution in [0.5, 0.6) is 5.75 Å². The van der Waals surface area contributed by atoms with Gasteiger partial charge in [0.25, 0.3) is 11.8 Å². The molecule has 5 nitrogen and oxygen atoms in total. The van der Waals surface area contributed by atoms with Crippen molar-refractivity contribution < 1.29 is 14.3 Å².